The molecule has 0 bridgehead atoms. The van der Waals surface area contributed by atoms with Crippen molar-refractivity contribution in [1.82, 2.24) is 10.6 Å². The van der Waals surface area contributed by atoms with Crippen LogP contribution in [0.3, 0.4) is 0 Å². The molecule has 2 atom stereocenters. The number of alkyl carbamates (subject to hydrolysis) is 1. The van der Waals surface area contributed by atoms with Crippen LogP contribution in [0.2, 0.25) is 0 Å². The van der Waals surface area contributed by atoms with Crippen LogP contribution in [0.25, 0.3) is 11.1 Å². The summed E-state index contributed by atoms with van der Waals surface area (Å²) < 4.78 is 5.59. The number of carbonyl (C=O) groups is 3. The first-order valence-electron chi connectivity index (χ1n) is 12.5. The van der Waals surface area contributed by atoms with Crippen molar-refractivity contribution in [3.63, 3.8) is 0 Å². The average molecular weight is 481 g/mol. The molecule has 1 aliphatic rings. The van der Waals surface area contributed by atoms with Gasteiger partial charge in [-0.3, -0.25) is 9.59 Å². The van der Waals surface area contributed by atoms with E-state index >= 15 is 0 Å². The average Bonchev–Trinajstić information content (AvgIpc) is 3.18. The molecule has 0 spiro atoms. The zero-order chi connectivity index (χ0) is 25.2. The summed E-state index contributed by atoms with van der Waals surface area (Å²) in [5, 5.41) is 14.5. The summed E-state index contributed by atoms with van der Waals surface area (Å²) in [5.41, 5.74) is 4.75. The summed E-state index contributed by atoms with van der Waals surface area (Å²) in [4.78, 5) is 35.3. The van der Waals surface area contributed by atoms with Crippen molar-refractivity contribution >= 4 is 18.0 Å². The molecule has 0 saturated heterocycles. The van der Waals surface area contributed by atoms with E-state index in [1.54, 1.807) is 6.92 Å². The Morgan fingerprint density at radius 3 is 2.17 bits per heavy atom. The first-order chi connectivity index (χ1) is 16.9. The number of nitrogens with one attached hydrogen (secondary N) is 2. The van der Waals surface area contributed by atoms with Gasteiger partial charge in [0.25, 0.3) is 0 Å². The van der Waals surface area contributed by atoms with Crippen molar-refractivity contribution in [2.24, 2.45) is 11.8 Å². The lowest BCUT2D eigenvalue weighted by atomic mass is 9.94. The van der Waals surface area contributed by atoms with E-state index in [1.165, 1.54) is 22.3 Å². The molecule has 0 saturated carbocycles. The zero-order valence-electron chi connectivity index (χ0n) is 20.6. The Labute approximate surface area is 207 Å². The molecule has 0 radical (unpaired) electrons. The lowest BCUT2D eigenvalue weighted by molar-refractivity contribution is -0.141. The first-order valence-corrected chi connectivity index (χ1v) is 12.5. The minimum Gasteiger partial charge on any atom is -0.481 e. The van der Waals surface area contributed by atoms with Gasteiger partial charge in [0.2, 0.25) is 5.91 Å². The molecule has 7 heteroatoms. The molecule has 7 nitrogen and oxygen atoms in total. The van der Waals surface area contributed by atoms with Gasteiger partial charge in [-0.05, 0) is 41.0 Å². The molecule has 2 amide bonds. The largest absolute Gasteiger partial charge is 0.481 e. The molecular formula is C28H36N2O5. The van der Waals surface area contributed by atoms with Gasteiger partial charge in [-0.2, -0.15) is 0 Å². The number of benzene rings is 2. The van der Waals surface area contributed by atoms with Gasteiger partial charge in [-0.15, -0.1) is 0 Å². The Kier molecular flexibility index (Phi) is 9.70. The molecular weight excluding hydrogens is 444 g/mol. The van der Waals surface area contributed by atoms with E-state index in [4.69, 9.17) is 9.84 Å². The third-order valence-corrected chi connectivity index (χ3v) is 6.67. The van der Waals surface area contributed by atoms with Crippen molar-refractivity contribution in [3.05, 3.63) is 59.7 Å². The lowest BCUT2D eigenvalue weighted by Gasteiger charge is -2.17. The molecule has 3 rings (SSSR count). The molecule has 0 aliphatic heterocycles. The lowest BCUT2D eigenvalue weighted by Crippen LogP contribution is -2.32. The number of carbonyl (C=O) groups excluding carboxylic acids is 2. The number of ether oxygens (including phenoxy) is 1. The van der Waals surface area contributed by atoms with Crippen molar-refractivity contribution in [1.29, 1.82) is 0 Å². The van der Waals surface area contributed by atoms with E-state index in [1.807, 2.05) is 24.3 Å². The smallest absolute Gasteiger partial charge is 0.407 e. The standard InChI is InChI=1S/C28H36N2O5/c1-3-8-20(13-14-26(31)30-17-19(2)27(32)33)15-16-29-28(34)35-18-25-23-11-6-4-9-21(23)22-10-5-7-12-24(22)25/h4-7,9-12,19-20,25H,3,8,13-18H2,1-2H3,(H,29,34)(H,30,31)(H,32,33). The Bertz CT molecular complexity index is 976. The van der Waals surface area contributed by atoms with Crippen molar-refractivity contribution in [2.45, 2.75) is 51.9 Å². The molecule has 2 unspecified atom stereocenters. The highest BCUT2D eigenvalue weighted by atomic mass is 16.5. The van der Waals surface area contributed by atoms with E-state index in [0.29, 0.717) is 25.3 Å². The second kappa shape index (κ2) is 12.9. The Morgan fingerprint density at radius 1 is 0.943 bits per heavy atom. The highest BCUT2D eigenvalue weighted by molar-refractivity contribution is 5.79. The van der Waals surface area contributed by atoms with Gasteiger partial charge in [0, 0.05) is 25.4 Å². The normalized spacial score (nSPS) is 13.9. The van der Waals surface area contributed by atoms with E-state index in [0.717, 1.165) is 19.3 Å². The quantitative estimate of drug-likeness (QED) is 0.376. The molecule has 1 aliphatic carbocycles. The SMILES string of the molecule is CCCC(CCNC(=O)OCC1c2ccccc2-c2ccccc21)CCC(=O)NCC(C)C(=O)O. The summed E-state index contributed by atoms with van der Waals surface area (Å²) in [5.74, 6) is -1.33. The number of rotatable bonds is 13. The van der Waals surface area contributed by atoms with Gasteiger partial charge < -0.3 is 20.5 Å². The second-order valence-corrected chi connectivity index (χ2v) is 9.28. The Hall–Kier alpha value is -3.35. The van der Waals surface area contributed by atoms with Gasteiger partial charge >= 0.3 is 12.1 Å². The van der Waals surface area contributed by atoms with Crippen molar-refractivity contribution < 1.29 is 24.2 Å². The summed E-state index contributed by atoms with van der Waals surface area (Å²) in [7, 11) is 0. The van der Waals surface area contributed by atoms with Crippen LogP contribution in [-0.4, -0.2) is 42.8 Å². The van der Waals surface area contributed by atoms with Gasteiger partial charge in [0.15, 0.2) is 0 Å². The summed E-state index contributed by atoms with van der Waals surface area (Å²) in [6.07, 6.45) is 3.34. The molecule has 3 N–H and O–H groups in total. The number of fused-ring (bicyclic) bond motifs is 3. The predicted octanol–water partition coefficient (Wildman–Crippen LogP) is 4.95. The number of amides is 2. The van der Waals surface area contributed by atoms with E-state index in [9.17, 15) is 14.4 Å². The summed E-state index contributed by atoms with van der Waals surface area (Å²) in [6.45, 7) is 4.57. The first kappa shape index (κ1) is 26.3. The minimum atomic E-state index is -0.923. The molecule has 35 heavy (non-hydrogen) atoms. The van der Waals surface area contributed by atoms with Gasteiger partial charge in [0.05, 0.1) is 5.92 Å². The predicted molar refractivity (Wildman–Crippen MR) is 135 cm³/mol. The van der Waals surface area contributed by atoms with Crippen LogP contribution in [-0.2, 0) is 14.3 Å². The second-order valence-electron chi connectivity index (χ2n) is 9.28. The summed E-state index contributed by atoms with van der Waals surface area (Å²) >= 11 is 0. The monoisotopic (exact) mass is 480 g/mol. The minimum absolute atomic E-state index is 0.0309. The van der Waals surface area contributed by atoms with Crippen LogP contribution in [0, 0.1) is 11.8 Å². The fraction of sp³-hybridized carbons (Fsp3) is 0.464. The molecule has 188 valence electrons. The van der Waals surface area contributed by atoms with Crippen LogP contribution in [0.1, 0.15) is 63.0 Å². The molecule has 0 heterocycles. The van der Waals surface area contributed by atoms with Crippen LogP contribution < -0.4 is 10.6 Å². The number of carboxylic acid groups (broad SMARTS) is 1. The maximum Gasteiger partial charge on any atom is 0.407 e. The van der Waals surface area contributed by atoms with Gasteiger partial charge in [0.1, 0.15) is 6.61 Å². The number of carboxylic acids is 1. The van der Waals surface area contributed by atoms with Crippen LogP contribution in [0.4, 0.5) is 4.79 Å². The Balaban J connectivity index is 1.41. The van der Waals surface area contributed by atoms with Gasteiger partial charge in [-0.1, -0.05) is 75.2 Å². The number of hydrogen-bond acceptors (Lipinski definition) is 4. The maximum absolute atomic E-state index is 12.4. The molecule has 2 aromatic rings. The molecule has 0 aromatic heterocycles. The van der Waals surface area contributed by atoms with Crippen molar-refractivity contribution in [2.75, 3.05) is 19.7 Å². The Morgan fingerprint density at radius 2 is 1.57 bits per heavy atom. The fourth-order valence-corrected chi connectivity index (χ4v) is 4.65. The van der Waals surface area contributed by atoms with Gasteiger partial charge in [-0.25, -0.2) is 4.79 Å². The topological polar surface area (TPSA) is 105 Å². The highest BCUT2D eigenvalue weighted by Crippen LogP contribution is 2.44. The number of aliphatic carboxylic acids is 1. The fourth-order valence-electron chi connectivity index (χ4n) is 4.65. The molecule has 0 fully saturated rings. The van der Waals surface area contributed by atoms with Crippen LogP contribution >= 0.6 is 0 Å². The summed E-state index contributed by atoms with van der Waals surface area (Å²) in [6, 6.07) is 16.5. The maximum atomic E-state index is 12.4. The van der Waals surface area contributed by atoms with E-state index in [2.05, 4.69) is 41.8 Å². The number of hydrogen-bond donors (Lipinski definition) is 3. The van der Waals surface area contributed by atoms with Crippen molar-refractivity contribution in [3.8, 4) is 11.1 Å². The zero-order valence-corrected chi connectivity index (χ0v) is 20.6. The van der Waals surface area contributed by atoms with E-state index in [-0.39, 0.29) is 25.0 Å². The third kappa shape index (κ3) is 7.31. The highest BCUT2D eigenvalue weighted by Gasteiger charge is 2.29. The van der Waals surface area contributed by atoms with Crippen LogP contribution in [0.5, 0.6) is 0 Å². The third-order valence-electron chi connectivity index (χ3n) is 6.67. The van der Waals surface area contributed by atoms with E-state index < -0.39 is 18.0 Å². The van der Waals surface area contributed by atoms with Crippen LogP contribution in [0.15, 0.2) is 48.5 Å². The molecule has 2 aromatic carbocycles.